The van der Waals surface area contributed by atoms with Crippen LogP contribution in [-0.2, 0) is 11.7 Å². The molecule has 2 aromatic rings. The Balaban J connectivity index is 1.74. The summed E-state index contributed by atoms with van der Waals surface area (Å²) in [5.41, 5.74) is -0.776. The van der Waals surface area contributed by atoms with Gasteiger partial charge in [-0.3, -0.25) is 9.69 Å². The molecule has 0 aliphatic carbocycles. The second-order valence-corrected chi connectivity index (χ2v) is 8.09. The zero-order valence-electron chi connectivity index (χ0n) is 18.5. The van der Waals surface area contributed by atoms with Crippen LogP contribution in [-0.4, -0.2) is 44.0 Å². The quantitative estimate of drug-likeness (QED) is 0.528. The van der Waals surface area contributed by atoms with Gasteiger partial charge >= 0.3 is 6.18 Å². The largest absolute Gasteiger partial charge is 0.497 e. The highest BCUT2D eigenvalue weighted by atomic mass is 19.4. The van der Waals surface area contributed by atoms with Crippen molar-refractivity contribution in [2.75, 3.05) is 31.6 Å². The maximum absolute atomic E-state index is 13.5. The fraction of sp³-hybridized carbons (Fsp3) is 0.269. The molecular weight excluding hydrogens is 443 g/mol. The van der Waals surface area contributed by atoms with Crippen LogP contribution in [0.1, 0.15) is 21.5 Å². The van der Waals surface area contributed by atoms with Crippen molar-refractivity contribution in [1.82, 2.24) is 10.2 Å². The van der Waals surface area contributed by atoms with Gasteiger partial charge in [-0.05, 0) is 42.0 Å². The standard InChI is InChI=1S/C26H24F3N3O2/c1-3-32-14-5-4-12-25(32,20-7-10-22(34-2)11-8-20)24-17-31(15-13-30-24)21-9-6-19(18-33)23(16-21)26(27,28)29/h1,4-12,14,16,18,24,30H,13,15,17H2,2H3. The van der Waals surface area contributed by atoms with Gasteiger partial charge < -0.3 is 15.0 Å². The predicted octanol–water partition coefficient (Wildman–Crippen LogP) is 4.18. The molecule has 2 aromatic carbocycles. The number of ether oxygens (including phenoxy) is 1. The highest BCUT2D eigenvalue weighted by Gasteiger charge is 2.45. The van der Waals surface area contributed by atoms with Gasteiger partial charge in [-0.1, -0.05) is 30.7 Å². The summed E-state index contributed by atoms with van der Waals surface area (Å²) in [6, 6.07) is 13.9. The first-order valence-corrected chi connectivity index (χ1v) is 10.7. The van der Waals surface area contributed by atoms with E-state index in [4.69, 9.17) is 11.2 Å². The molecule has 34 heavy (non-hydrogen) atoms. The number of anilines is 1. The number of carbonyl (C=O) groups is 1. The molecule has 5 nitrogen and oxygen atoms in total. The number of aldehydes is 1. The summed E-state index contributed by atoms with van der Waals surface area (Å²) in [5.74, 6) is 0.703. The Morgan fingerprint density at radius 1 is 1.21 bits per heavy atom. The number of allylic oxidation sites excluding steroid dienone is 2. The Morgan fingerprint density at radius 3 is 2.62 bits per heavy atom. The van der Waals surface area contributed by atoms with Crippen LogP contribution in [0.5, 0.6) is 5.75 Å². The van der Waals surface area contributed by atoms with Gasteiger partial charge in [0.15, 0.2) is 6.29 Å². The number of carbonyl (C=O) groups excluding carboxylic acids is 1. The molecule has 0 bridgehead atoms. The van der Waals surface area contributed by atoms with Gasteiger partial charge in [0, 0.05) is 43.1 Å². The van der Waals surface area contributed by atoms with Gasteiger partial charge in [-0.15, -0.1) is 0 Å². The molecule has 2 aliphatic heterocycles. The number of terminal acetylenes is 1. The molecule has 1 N–H and O–H groups in total. The third-order valence-corrected chi connectivity index (χ3v) is 6.33. The number of piperazine rings is 1. The first kappa shape index (κ1) is 23.5. The number of nitrogens with one attached hydrogen (secondary N) is 1. The molecular formula is C26H24F3N3O2. The first-order chi connectivity index (χ1) is 16.3. The lowest BCUT2D eigenvalue weighted by Crippen LogP contribution is -2.63. The van der Waals surface area contributed by atoms with E-state index in [1.807, 2.05) is 53.6 Å². The van der Waals surface area contributed by atoms with Gasteiger partial charge in [0.2, 0.25) is 0 Å². The number of hydrogen-bond acceptors (Lipinski definition) is 5. The first-order valence-electron chi connectivity index (χ1n) is 10.7. The van der Waals surface area contributed by atoms with E-state index in [0.29, 0.717) is 31.1 Å². The van der Waals surface area contributed by atoms with E-state index in [2.05, 4.69) is 11.4 Å². The summed E-state index contributed by atoms with van der Waals surface area (Å²) in [7, 11) is 1.59. The molecule has 2 atom stereocenters. The third kappa shape index (κ3) is 4.15. The lowest BCUT2D eigenvalue weighted by molar-refractivity contribution is -0.137. The number of alkyl halides is 3. The molecule has 2 unspecified atom stereocenters. The van der Waals surface area contributed by atoms with E-state index in [1.54, 1.807) is 18.1 Å². The zero-order valence-corrected chi connectivity index (χ0v) is 18.5. The number of rotatable bonds is 5. The molecule has 1 saturated heterocycles. The minimum Gasteiger partial charge on any atom is -0.497 e. The molecule has 2 heterocycles. The minimum absolute atomic E-state index is 0.232. The van der Waals surface area contributed by atoms with Crippen molar-refractivity contribution < 1.29 is 22.7 Å². The molecule has 0 aromatic heterocycles. The van der Waals surface area contributed by atoms with E-state index in [1.165, 1.54) is 6.07 Å². The van der Waals surface area contributed by atoms with Gasteiger partial charge in [-0.2, -0.15) is 13.2 Å². The average Bonchev–Trinajstić information content (AvgIpc) is 2.87. The zero-order chi connectivity index (χ0) is 24.3. The van der Waals surface area contributed by atoms with Crippen LogP contribution < -0.4 is 15.0 Å². The minimum atomic E-state index is -4.62. The second kappa shape index (κ2) is 9.27. The summed E-state index contributed by atoms with van der Waals surface area (Å²) in [4.78, 5) is 14.8. The molecule has 4 rings (SSSR count). The smallest absolute Gasteiger partial charge is 0.417 e. The third-order valence-electron chi connectivity index (χ3n) is 6.33. The van der Waals surface area contributed by atoms with Crippen LogP contribution in [0, 0.1) is 12.5 Å². The Bertz CT molecular complexity index is 1150. The predicted molar refractivity (Wildman–Crippen MR) is 124 cm³/mol. The number of methoxy groups -OCH3 is 1. The van der Waals surface area contributed by atoms with E-state index in [-0.39, 0.29) is 17.9 Å². The van der Waals surface area contributed by atoms with Crippen molar-refractivity contribution in [3.63, 3.8) is 0 Å². The van der Waals surface area contributed by atoms with E-state index >= 15 is 0 Å². The van der Waals surface area contributed by atoms with Crippen LogP contribution in [0.15, 0.2) is 66.9 Å². The van der Waals surface area contributed by atoms with E-state index in [0.717, 1.165) is 11.6 Å². The SMILES string of the molecule is C#CN1C=CC=CC1(c1ccc(OC)cc1)C1CN(c2ccc(C=O)c(C(F)(F)F)c2)CCN1. The number of benzene rings is 2. The molecule has 0 saturated carbocycles. The Hall–Kier alpha value is -3.70. The Morgan fingerprint density at radius 2 is 1.97 bits per heavy atom. The average molecular weight is 467 g/mol. The monoisotopic (exact) mass is 467 g/mol. The highest BCUT2D eigenvalue weighted by molar-refractivity contribution is 5.79. The number of hydrogen-bond donors (Lipinski definition) is 1. The van der Waals surface area contributed by atoms with E-state index < -0.39 is 17.3 Å². The number of halogens is 3. The van der Waals surface area contributed by atoms with Crippen molar-refractivity contribution in [2.45, 2.75) is 17.8 Å². The van der Waals surface area contributed by atoms with Gasteiger partial charge in [0.05, 0.1) is 18.7 Å². The fourth-order valence-electron chi connectivity index (χ4n) is 4.64. The summed E-state index contributed by atoms with van der Waals surface area (Å²) in [6.07, 6.45) is 9.08. The van der Waals surface area contributed by atoms with Crippen molar-refractivity contribution in [3.05, 3.63) is 83.6 Å². The summed E-state index contributed by atoms with van der Waals surface area (Å²) >= 11 is 0. The molecule has 176 valence electrons. The van der Waals surface area contributed by atoms with Crippen LogP contribution in [0.4, 0.5) is 18.9 Å². The number of nitrogens with zero attached hydrogens (tertiary/aromatic N) is 2. The van der Waals surface area contributed by atoms with E-state index in [9.17, 15) is 18.0 Å². The fourth-order valence-corrected chi connectivity index (χ4v) is 4.64. The molecule has 1 fully saturated rings. The lowest BCUT2D eigenvalue weighted by atomic mass is 9.78. The normalized spacial score (nSPS) is 22.4. The molecule has 0 spiro atoms. The van der Waals surface area contributed by atoms with Crippen LogP contribution in [0.25, 0.3) is 0 Å². The Labute approximate surface area is 196 Å². The molecule has 0 amide bonds. The van der Waals surface area contributed by atoms with Crippen molar-refractivity contribution in [1.29, 1.82) is 0 Å². The molecule has 8 heteroatoms. The molecule has 0 radical (unpaired) electrons. The topological polar surface area (TPSA) is 44.8 Å². The second-order valence-electron chi connectivity index (χ2n) is 8.09. The van der Waals surface area contributed by atoms with Crippen LogP contribution in [0.3, 0.4) is 0 Å². The summed E-state index contributed by atoms with van der Waals surface area (Å²) in [6.45, 7) is 1.43. The van der Waals surface area contributed by atoms with Gasteiger partial charge in [-0.25, -0.2) is 0 Å². The van der Waals surface area contributed by atoms with Crippen molar-refractivity contribution >= 4 is 12.0 Å². The summed E-state index contributed by atoms with van der Waals surface area (Å²) < 4.78 is 45.9. The van der Waals surface area contributed by atoms with Crippen molar-refractivity contribution in [3.8, 4) is 18.2 Å². The van der Waals surface area contributed by atoms with Crippen LogP contribution in [0.2, 0.25) is 0 Å². The Kier molecular flexibility index (Phi) is 6.40. The van der Waals surface area contributed by atoms with Gasteiger partial charge in [0.1, 0.15) is 11.3 Å². The van der Waals surface area contributed by atoms with Crippen molar-refractivity contribution in [2.24, 2.45) is 0 Å². The van der Waals surface area contributed by atoms with Crippen LogP contribution >= 0.6 is 0 Å². The summed E-state index contributed by atoms with van der Waals surface area (Å²) in [5, 5.41) is 3.51. The molecule has 2 aliphatic rings. The maximum atomic E-state index is 13.5. The highest BCUT2D eigenvalue weighted by Crippen LogP contribution is 2.39. The lowest BCUT2D eigenvalue weighted by Gasteiger charge is -2.49. The maximum Gasteiger partial charge on any atom is 0.417 e. The van der Waals surface area contributed by atoms with Gasteiger partial charge in [0.25, 0.3) is 0 Å².